The molecule has 0 unspecified atom stereocenters. The number of nitrogens with zero attached hydrogens (tertiary/aromatic N) is 1. The van der Waals surface area contributed by atoms with Crippen LogP contribution in [0.2, 0.25) is 0 Å². The van der Waals surface area contributed by atoms with Gasteiger partial charge in [0, 0.05) is 12.8 Å². The lowest BCUT2D eigenvalue weighted by Crippen LogP contribution is -2.32. The van der Waals surface area contributed by atoms with E-state index in [-0.39, 0.29) is 19.4 Å². The van der Waals surface area contributed by atoms with Gasteiger partial charge in [-0.25, -0.2) is 4.79 Å². The van der Waals surface area contributed by atoms with Crippen LogP contribution in [0.4, 0.5) is 4.79 Å². The number of hydroxylamine groups is 2. The summed E-state index contributed by atoms with van der Waals surface area (Å²) in [5.41, 5.74) is 0. The first-order valence-corrected chi connectivity index (χ1v) is 3.96. The van der Waals surface area contributed by atoms with Crippen LogP contribution in [-0.2, 0) is 19.2 Å². The third-order valence-corrected chi connectivity index (χ3v) is 1.49. The second kappa shape index (κ2) is 4.40. The van der Waals surface area contributed by atoms with Gasteiger partial charge >= 0.3 is 6.16 Å². The van der Waals surface area contributed by atoms with Crippen LogP contribution < -0.4 is 0 Å². The number of carbonyl (C=O) groups is 3. The average molecular weight is 199 g/mol. The Labute approximate surface area is 80.0 Å². The van der Waals surface area contributed by atoms with Gasteiger partial charge in [0.1, 0.15) is 6.61 Å². The van der Waals surface area contributed by atoms with Gasteiger partial charge in [-0.05, 0) is 0 Å². The molecule has 6 nitrogen and oxygen atoms in total. The average Bonchev–Trinajstić information content (AvgIpc) is 2.46. The van der Waals surface area contributed by atoms with Crippen molar-refractivity contribution in [3.63, 3.8) is 0 Å². The third kappa shape index (κ3) is 2.32. The minimum absolute atomic E-state index is 0.0327. The van der Waals surface area contributed by atoms with Gasteiger partial charge in [-0.1, -0.05) is 17.7 Å². The molecule has 14 heavy (non-hydrogen) atoms. The van der Waals surface area contributed by atoms with E-state index in [2.05, 4.69) is 16.2 Å². The molecule has 1 fully saturated rings. The lowest BCUT2D eigenvalue weighted by Gasteiger charge is -2.11. The van der Waals surface area contributed by atoms with Gasteiger partial charge in [-0.2, -0.15) is 0 Å². The molecule has 0 aromatic rings. The predicted octanol–water partition coefficient (Wildman–Crippen LogP) is 0.390. The molecule has 1 heterocycles. The number of ether oxygens (including phenoxy) is 1. The van der Waals surface area contributed by atoms with E-state index in [0.29, 0.717) is 5.06 Å². The Morgan fingerprint density at radius 1 is 1.43 bits per heavy atom. The van der Waals surface area contributed by atoms with Crippen LogP contribution in [-0.4, -0.2) is 29.6 Å². The Morgan fingerprint density at radius 2 is 2.00 bits per heavy atom. The molecule has 0 spiro atoms. The third-order valence-electron chi connectivity index (χ3n) is 1.49. The summed E-state index contributed by atoms with van der Waals surface area (Å²) in [4.78, 5) is 37.1. The number of imide groups is 1. The van der Waals surface area contributed by atoms with Crippen molar-refractivity contribution in [2.45, 2.75) is 12.8 Å². The molecule has 0 radical (unpaired) electrons. The standard InChI is InChI=1S/C8H9NO5/c1-2-5-13-8(12)14-9-6(10)3-4-7(9)11/h2H,1,3-5H2. The van der Waals surface area contributed by atoms with Crippen molar-refractivity contribution < 1.29 is 24.0 Å². The Balaban J connectivity index is 2.42. The zero-order valence-electron chi connectivity index (χ0n) is 7.39. The van der Waals surface area contributed by atoms with Gasteiger partial charge in [0.15, 0.2) is 0 Å². The van der Waals surface area contributed by atoms with E-state index in [9.17, 15) is 14.4 Å². The Kier molecular flexibility index (Phi) is 3.22. The van der Waals surface area contributed by atoms with Crippen molar-refractivity contribution >= 4 is 18.0 Å². The van der Waals surface area contributed by atoms with E-state index >= 15 is 0 Å². The van der Waals surface area contributed by atoms with Crippen LogP contribution >= 0.6 is 0 Å². The molecule has 0 aromatic carbocycles. The van der Waals surface area contributed by atoms with E-state index in [1.54, 1.807) is 0 Å². The zero-order chi connectivity index (χ0) is 10.6. The molecular formula is C8H9NO5. The molecule has 0 aliphatic carbocycles. The predicted molar refractivity (Wildman–Crippen MR) is 43.7 cm³/mol. The maximum atomic E-state index is 10.9. The van der Waals surface area contributed by atoms with Crippen molar-refractivity contribution in [3.8, 4) is 0 Å². The number of hydrogen-bond acceptors (Lipinski definition) is 5. The highest BCUT2D eigenvalue weighted by atomic mass is 16.8. The van der Waals surface area contributed by atoms with Crippen LogP contribution in [0.15, 0.2) is 12.7 Å². The molecule has 6 heteroatoms. The summed E-state index contributed by atoms with van der Waals surface area (Å²) in [6.45, 7) is 3.28. The maximum absolute atomic E-state index is 10.9. The second-order valence-corrected chi connectivity index (χ2v) is 2.52. The summed E-state index contributed by atoms with van der Waals surface area (Å²) < 4.78 is 4.42. The van der Waals surface area contributed by atoms with Crippen molar-refractivity contribution in [1.29, 1.82) is 0 Å². The molecule has 0 saturated carbocycles. The second-order valence-electron chi connectivity index (χ2n) is 2.52. The number of hydrogen-bond donors (Lipinski definition) is 0. The monoisotopic (exact) mass is 199 g/mol. The first-order chi connectivity index (χ1) is 6.65. The largest absolute Gasteiger partial charge is 0.534 e. The van der Waals surface area contributed by atoms with Crippen molar-refractivity contribution in [3.05, 3.63) is 12.7 Å². The van der Waals surface area contributed by atoms with E-state index in [1.807, 2.05) is 0 Å². The normalized spacial score (nSPS) is 15.6. The SMILES string of the molecule is C=CCOC(=O)ON1C(=O)CCC1=O. The Morgan fingerprint density at radius 3 is 2.50 bits per heavy atom. The molecule has 0 aromatic heterocycles. The smallest absolute Gasteiger partial charge is 0.428 e. The van der Waals surface area contributed by atoms with Crippen LogP contribution in [0.3, 0.4) is 0 Å². The van der Waals surface area contributed by atoms with E-state index in [4.69, 9.17) is 0 Å². The van der Waals surface area contributed by atoms with E-state index in [1.165, 1.54) is 6.08 Å². The van der Waals surface area contributed by atoms with Gasteiger partial charge in [0.25, 0.3) is 11.8 Å². The molecule has 0 atom stereocenters. The summed E-state index contributed by atoms with van der Waals surface area (Å²) >= 11 is 0. The molecule has 0 bridgehead atoms. The molecular weight excluding hydrogens is 190 g/mol. The summed E-state index contributed by atoms with van der Waals surface area (Å²) in [7, 11) is 0. The summed E-state index contributed by atoms with van der Waals surface area (Å²) in [6.07, 6.45) is 0.379. The molecule has 1 rings (SSSR count). The van der Waals surface area contributed by atoms with E-state index < -0.39 is 18.0 Å². The van der Waals surface area contributed by atoms with Gasteiger partial charge in [-0.3, -0.25) is 14.4 Å². The van der Waals surface area contributed by atoms with Gasteiger partial charge in [-0.15, -0.1) is 0 Å². The van der Waals surface area contributed by atoms with Crippen LogP contribution in [0, 0.1) is 0 Å². The molecule has 0 N–H and O–H groups in total. The summed E-state index contributed by atoms with van der Waals surface area (Å²) in [5.74, 6) is -1.07. The van der Waals surface area contributed by atoms with Crippen molar-refractivity contribution in [1.82, 2.24) is 5.06 Å². The first-order valence-electron chi connectivity index (χ1n) is 3.96. The number of amides is 2. The van der Waals surface area contributed by atoms with Crippen LogP contribution in [0.1, 0.15) is 12.8 Å². The maximum Gasteiger partial charge on any atom is 0.534 e. The van der Waals surface area contributed by atoms with Gasteiger partial charge in [0.2, 0.25) is 0 Å². The van der Waals surface area contributed by atoms with Crippen molar-refractivity contribution in [2.24, 2.45) is 0 Å². The highest BCUT2D eigenvalue weighted by molar-refractivity contribution is 6.01. The molecule has 1 aliphatic heterocycles. The van der Waals surface area contributed by atoms with Gasteiger partial charge in [0.05, 0.1) is 0 Å². The topological polar surface area (TPSA) is 72.9 Å². The number of rotatable bonds is 3. The highest BCUT2D eigenvalue weighted by Gasteiger charge is 2.33. The van der Waals surface area contributed by atoms with Crippen LogP contribution in [0.25, 0.3) is 0 Å². The minimum Gasteiger partial charge on any atom is -0.428 e. The quantitative estimate of drug-likeness (QED) is 0.373. The minimum atomic E-state index is -1.09. The van der Waals surface area contributed by atoms with E-state index in [0.717, 1.165) is 0 Å². The zero-order valence-corrected chi connectivity index (χ0v) is 7.39. The fourth-order valence-corrected chi connectivity index (χ4v) is 0.886. The molecule has 2 amide bonds. The van der Waals surface area contributed by atoms with Crippen molar-refractivity contribution in [2.75, 3.05) is 6.61 Å². The highest BCUT2D eigenvalue weighted by Crippen LogP contribution is 2.12. The molecule has 1 saturated heterocycles. The Hall–Kier alpha value is -1.85. The lowest BCUT2D eigenvalue weighted by molar-refractivity contribution is -0.176. The molecule has 76 valence electrons. The molecule has 1 aliphatic rings. The summed E-state index contributed by atoms with van der Waals surface area (Å²) in [6, 6.07) is 0. The Bertz CT molecular complexity index is 269. The fraction of sp³-hybridized carbons (Fsp3) is 0.375. The first kappa shape index (κ1) is 10.2. The van der Waals surface area contributed by atoms with Crippen LogP contribution in [0.5, 0.6) is 0 Å². The lowest BCUT2D eigenvalue weighted by atomic mass is 10.4. The number of carbonyl (C=O) groups excluding carboxylic acids is 3. The fourth-order valence-electron chi connectivity index (χ4n) is 0.886. The summed E-state index contributed by atoms with van der Waals surface area (Å²) in [5, 5.41) is 0.422. The van der Waals surface area contributed by atoms with Gasteiger partial charge < -0.3 is 4.74 Å².